The fourth-order valence-corrected chi connectivity index (χ4v) is 4.03. The minimum atomic E-state index is 0.315. The standard InChI is InChI=1S/C16H26N2OS/c1-11-9-18(10-12(2)17-11)16(19)7-5-6-15-8-13(3)20-14(15)4/h8,11-12,17H,5-7,9-10H2,1-4H3/t11-,12-/m0/s1. The van der Waals surface area contributed by atoms with Gasteiger partial charge in [-0.15, -0.1) is 11.3 Å². The number of piperazine rings is 1. The lowest BCUT2D eigenvalue weighted by molar-refractivity contribution is -0.133. The Kier molecular flexibility index (Phi) is 5.22. The highest BCUT2D eigenvalue weighted by Gasteiger charge is 2.24. The van der Waals surface area contributed by atoms with E-state index < -0.39 is 0 Å². The Morgan fingerprint density at radius 1 is 1.35 bits per heavy atom. The number of hydrogen-bond acceptors (Lipinski definition) is 3. The van der Waals surface area contributed by atoms with Crippen molar-refractivity contribution in [3.05, 3.63) is 21.4 Å². The SMILES string of the molecule is Cc1cc(CCCC(=O)N2C[C@H](C)N[C@@H](C)C2)c(C)s1. The number of aryl methyl sites for hydroxylation is 3. The zero-order valence-corrected chi connectivity index (χ0v) is 13.8. The lowest BCUT2D eigenvalue weighted by Gasteiger charge is -2.36. The van der Waals surface area contributed by atoms with E-state index in [2.05, 4.69) is 39.1 Å². The molecule has 2 heterocycles. The molecule has 1 N–H and O–H groups in total. The minimum absolute atomic E-state index is 0.315. The maximum absolute atomic E-state index is 12.3. The van der Waals surface area contributed by atoms with Crippen LogP contribution in [-0.4, -0.2) is 36.0 Å². The maximum atomic E-state index is 12.3. The molecule has 0 bridgehead atoms. The molecule has 0 unspecified atom stereocenters. The summed E-state index contributed by atoms with van der Waals surface area (Å²) in [6, 6.07) is 3.08. The first-order valence-corrected chi connectivity index (χ1v) is 8.37. The van der Waals surface area contributed by atoms with Crippen LogP contribution in [0.25, 0.3) is 0 Å². The molecule has 0 spiro atoms. The molecule has 0 aromatic carbocycles. The molecule has 1 fully saturated rings. The molecule has 2 atom stereocenters. The van der Waals surface area contributed by atoms with Crippen molar-refractivity contribution in [1.82, 2.24) is 10.2 Å². The van der Waals surface area contributed by atoms with Crippen LogP contribution in [0.2, 0.25) is 0 Å². The minimum Gasteiger partial charge on any atom is -0.340 e. The third kappa shape index (κ3) is 4.06. The number of carbonyl (C=O) groups excluding carboxylic acids is 1. The lowest BCUT2D eigenvalue weighted by atomic mass is 10.1. The van der Waals surface area contributed by atoms with Crippen LogP contribution in [0, 0.1) is 13.8 Å². The molecule has 112 valence electrons. The van der Waals surface area contributed by atoms with Gasteiger partial charge in [-0.2, -0.15) is 0 Å². The number of hydrogen-bond donors (Lipinski definition) is 1. The first-order valence-electron chi connectivity index (χ1n) is 7.55. The van der Waals surface area contributed by atoms with E-state index >= 15 is 0 Å². The fraction of sp³-hybridized carbons (Fsp3) is 0.688. The summed E-state index contributed by atoms with van der Waals surface area (Å²) in [5.74, 6) is 0.315. The van der Waals surface area contributed by atoms with E-state index in [1.807, 2.05) is 16.2 Å². The van der Waals surface area contributed by atoms with Gasteiger partial charge >= 0.3 is 0 Å². The molecule has 20 heavy (non-hydrogen) atoms. The number of nitrogens with zero attached hydrogens (tertiary/aromatic N) is 1. The van der Waals surface area contributed by atoms with Crippen LogP contribution in [-0.2, 0) is 11.2 Å². The molecular weight excluding hydrogens is 268 g/mol. The van der Waals surface area contributed by atoms with E-state index in [9.17, 15) is 4.79 Å². The summed E-state index contributed by atoms with van der Waals surface area (Å²) in [5, 5.41) is 3.46. The zero-order chi connectivity index (χ0) is 14.7. The molecule has 1 aliphatic rings. The maximum Gasteiger partial charge on any atom is 0.222 e. The molecule has 1 saturated heterocycles. The van der Waals surface area contributed by atoms with Gasteiger partial charge in [-0.3, -0.25) is 4.79 Å². The summed E-state index contributed by atoms with van der Waals surface area (Å²) in [4.78, 5) is 17.1. The Balaban J connectivity index is 1.79. The third-order valence-corrected chi connectivity index (χ3v) is 4.90. The van der Waals surface area contributed by atoms with Gasteiger partial charge in [-0.25, -0.2) is 0 Å². The van der Waals surface area contributed by atoms with Gasteiger partial charge in [0, 0.05) is 41.3 Å². The largest absolute Gasteiger partial charge is 0.340 e. The third-order valence-electron chi connectivity index (χ3n) is 3.89. The number of carbonyl (C=O) groups is 1. The number of amides is 1. The lowest BCUT2D eigenvalue weighted by Crippen LogP contribution is -2.55. The molecule has 0 saturated carbocycles. The van der Waals surface area contributed by atoms with Crippen LogP contribution in [0.1, 0.15) is 42.0 Å². The van der Waals surface area contributed by atoms with E-state index in [4.69, 9.17) is 0 Å². The number of rotatable bonds is 4. The molecule has 0 aliphatic carbocycles. The van der Waals surface area contributed by atoms with Gasteiger partial charge in [0.05, 0.1) is 0 Å². The molecule has 3 nitrogen and oxygen atoms in total. The Labute approximate surface area is 126 Å². The predicted molar refractivity (Wildman–Crippen MR) is 85.4 cm³/mol. The van der Waals surface area contributed by atoms with Gasteiger partial charge < -0.3 is 10.2 Å². The number of thiophene rings is 1. The van der Waals surface area contributed by atoms with Crippen LogP contribution in [0.4, 0.5) is 0 Å². The van der Waals surface area contributed by atoms with Crippen molar-refractivity contribution in [2.75, 3.05) is 13.1 Å². The van der Waals surface area contributed by atoms with Gasteiger partial charge in [0.2, 0.25) is 5.91 Å². The van der Waals surface area contributed by atoms with Crippen molar-refractivity contribution < 1.29 is 4.79 Å². The molecular formula is C16H26N2OS. The van der Waals surface area contributed by atoms with Crippen LogP contribution in [0.3, 0.4) is 0 Å². The van der Waals surface area contributed by atoms with Crippen LogP contribution in [0.15, 0.2) is 6.07 Å². The van der Waals surface area contributed by atoms with Crippen LogP contribution < -0.4 is 5.32 Å². The zero-order valence-electron chi connectivity index (χ0n) is 13.0. The van der Waals surface area contributed by atoms with Gasteiger partial charge in [0.15, 0.2) is 0 Å². The number of nitrogens with one attached hydrogen (secondary N) is 1. The Bertz CT molecular complexity index is 459. The second-order valence-electron chi connectivity index (χ2n) is 6.06. The first kappa shape index (κ1) is 15.5. The summed E-state index contributed by atoms with van der Waals surface area (Å²) in [6.45, 7) is 10.3. The first-order chi connectivity index (χ1) is 9.45. The average molecular weight is 294 g/mol. The summed E-state index contributed by atoms with van der Waals surface area (Å²) < 4.78 is 0. The molecule has 1 aromatic heterocycles. The van der Waals surface area contributed by atoms with Crippen molar-refractivity contribution in [2.45, 2.75) is 59.0 Å². The Morgan fingerprint density at radius 3 is 2.55 bits per heavy atom. The second kappa shape index (κ2) is 6.72. The summed E-state index contributed by atoms with van der Waals surface area (Å²) in [6.07, 6.45) is 2.66. The van der Waals surface area contributed by atoms with Crippen molar-refractivity contribution >= 4 is 17.2 Å². The normalized spacial score (nSPS) is 23.1. The van der Waals surface area contributed by atoms with E-state index in [1.165, 1.54) is 15.3 Å². The summed E-state index contributed by atoms with van der Waals surface area (Å²) in [5.41, 5.74) is 1.42. The van der Waals surface area contributed by atoms with Crippen molar-refractivity contribution in [3.63, 3.8) is 0 Å². The predicted octanol–water partition coefficient (Wildman–Crippen LogP) is 2.90. The topological polar surface area (TPSA) is 32.3 Å². The Morgan fingerprint density at radius 2 is 2.00 bits per heavy atom. The van der Waals surface area contributed by atoms with Gasteiger partial charge in [0.25, 0.3) is 0 Å². The highest BCUT2D eigenvalue weighted by atomic mass is 32.1. The molecule has 4 heteroatoms. The van der Waals surface area contributed by atoms with Crippen molar-refractivity contribution in [3.8, 4) is 0 Å². The van der Waals surface area contributed by atoms with Gasteiger partial charge in [-0.1, -0.05) is 0 Å². The molecule has 2 rings (SSSR count). The van der Waals surface area contributed by atoms with E-state index in [0.29, 0.717) is 24.4 Å². The van der Waals surface area contributed by atoms with Crippen molar-refractivity contribution in [2.24, 2.45) is 0 Å². The van der Waals surface area contributed by atoms with E-state index in [-0.39, 0.29) is 0 Å². The fourth-order valence-electron chi connectivity index (χ4n) is 3.05. The van der Waals surface area contributed by atoms with Crippen LogP contribution in [0.5, 0.6) is 0 Å². The van der Waals surface area contributed by atoms with E-state index in [0.717, 1.165) is 25.9 Å². The molecule has 1 amide bonds. The molecule has 1 aromatic rings. The average Bonchev–Trinajstić information content (AvgIpc) is 2.66. The van der Waals surface area contributed by atoms with E-state index in [1.54, 1.807) is 0 Å². The van der Waals surface area contributed by atoms with Gasteiger partial charge in [0.1, 0.15) is 0 Å². The molecule has 1 aliphatic heterocycles. The highest BCUT2D eigenvalue weighted by Crippen LogP contribution is 2.22. The Hall–Kier alpha value is -0.870. The van der Waals surface area contributed by atoms with Gasteiger partial charge in [-0.05, 0) is 52.2 Å². The summed E-state index contributed by atoms with van der Waals surface area (Å²) >= 11 is 1.85. The van der Waals surface area contributed by atoms with Crippen LogP contribution >= 0.6 is 11.3 Å². The monoisotopic (exact) mass is 294 g/mol. The molecule has 0 radical (unpaired) electrons. The smallest absolute Gasteiger partial charge is 0.222 e. The quantitative estimate of drug-likeness (QED) is 0.926. The second-order valence-corrected chi connectivity index (χ2v) is 7.52. The van der Waals surface area contributed by atoms with Crippen molar-refractivity contribution in [1.29, 1.82) is 0 Å². The highest BCUT2D eigenvalue weighted by molar-refractivity contribution is 7.12. The summed E-state index contributed by atoms with van der Waals surface area (Å²) in [7, 11) is 0.